The lowest BCUT2D eigenvalue weighted by Crippen LogP contribution is -2.28. The van der Waals surface area contributed by atoms with Crippen LogP contribution < -0.4 is 5.32 Å². The summed E-state index contributed by atoms with van der Waals surface area (Å²) in [5.74, 6) is 0.608. The summed E-state index contributed by atoms with van der Waals surface area (Å²) in [6.45, 7) is 2.20. The number of nitrogens with one attached hydrogen (secondary N) is 1. The van der Waals surface area contributed by atoms with Crippen molar-refractivity contribution in [1.29, 1.82) is 0 Å². The van der Waals surface area contributed by atoms with Gasteiger partial charge in [0, 0.05) is 23.7 Å². The van der Waals surface area contributed by atoms with Gasteiger partial charge in [-0.3, -0.25) is 4.79 Å². The van der Waals surface area contributed by atoms with Crippen LogP contribution in [-0.2, 0) is 0 Å². The Hall–Kier alpha value is -2.46. The highest BCUT2D eigenvalue weighted by atomic mass is 16.1. The van der Waals surface area contributed by atoms with Crippen molar-refractivity contribution in [1.82, 2.24) is 15.1 Å². The summed E-state index contributed by atoms with van der Waals surface area (Å²) < 4.78 is 1.85. The number of piperidine rings is 1. The summed E-state index contributed by atoms with van der Waals surface area (Å²) in [5, 5.41) is 9.01. The molecule has 1 saturated heterocycles. The maximum atomic E-state index is 11.1. The quantitative estimate of drug-likeness (QED) is 0.755. The van der Waals surface area contributed by atoms with Gasteiger partial charge in [0.2, 0.25) is 0 Å². The molecule has 0 unspecified atom stereocenters. The number of hydrogen-bond donors (Lipinski definition) is 1. The predicted molar refractivity (Wildman–Crippen MR) is 91.3 cm³/mol. The van der Waals surface area contributed by atoms with E-state index in [1.54, 1.807) is 6.07 Å². The molecule has 1 fully saturated rings. The third kappa shape index (κ3) is 2.66. The minimum atomic E-state index is 0.608. The summed E-state index contributed by atoms with van der Waals surface area (Å²) in [6, 6.07) is 14.3. The highest BCUT2D eigenvalue weighted by Gasteiger charge is 2.15. The second kappa shape index (κ2) is 5.97. The molecule has 0 bridgehead atoms. The molecule has 1 N–H and O–H groups in total. The van der Waals surface area contributed by atoms with Crippen LogP contribution in [0, 0.1) is 0 Å². The first-order valence-corrected chi connectivity index (χ1v) is 8.10. The molecule has 2 heterocycles. The standard InChI is InChI=1S/C19H19N3O/c23-13-17-4-1-3-16-12-22(21-19(16)17)18-8-6-14(7-9-18)15-5-2-10-20-11-15/h1,3-4,6-9,12-13,15,20H,2,5,10-11H2/t15-/m1/s1. The zero-order valence-corrected chi connectivity index (χ0v) is 12.9. The van der Waals surface area contributed by atoms with Crippen LogP contribution in [0.15, 0.2) is 48.7 Å². The molecule has 4 rings (SSSR count). The summed E-state index contributed by atoms with van der Waals surface area (Å²) in [5.41, 5.74) is 3.78. The van der Waals surface area contributed by atoms with Gasteiger partial charge in [0.1, 0.15) is 5.52 Å². The number of aromatic nitrogens is 2. The summed E-state index contributed by atoms with van der Waals surface area (Å²) in [4.78, 5) is 11.1. The molecule has 1 aliphatic rings. The van der Waals surface area contributed by atoms with E-state index >= 15 is 0 Å². The van der Waals surface area contributed by atoms with Gasteiger partial charge >= 0.3 is 0 Å². The molecule has 4 nitrogen and oxygen atoms in total. The van der Waals surface area contributed by atoms with E-state index in [1.807, 2.05) is 23.0 Å². The van der Waals surface area contributed by atoms with Gasteiger partial charge in [0.05, 0.1) is 5.69 Å². The maximum Gasteiger partial charge on any atom is 0.152 e. The Morgan fingerprint density at radius 1 is 1.17 bits per heavy atom. The fourth-order valence-electron chi connectivity index (χ4n) is 3.33. The fourth-order valence-corrected chi connectivity index (χ4v) is 3.33. The Kier molecular flexibility index (Phi) is 3.67. The van der Waals surface area contributed by atoms with Gasteiger partial charge in [0.15, 0.2) is 6.29 Å². The number of carbonyl (C=O) groups is 1. The molecule has 0 saturated carbocycles. The number of carbonyl (C=O) groups excluding carboxylic acids is 1. The number of rotatable bonds is 3. The summed E-state index contributed by atoms with van der Waals surface area (Å²) >= 11 is 0. The first kappa shape index (κ1) is 14.2. The summed E-state index contributed by atoms with van der Waals surface area (Å²) in [6.07, 6.45) is 5.32. The Morgan fingerprint density at radius 2 is 2.04 bits per heavy atom. The van der Waals surface area contributed by atoms with Crippen LogP contribution in [-0.4, -0.2) is 29.2 Å². The van der Waals surface area contributed by atoms with Crippen molar-refractivity contribution in [3.05, 3.63) is 59.8 Å². The van der Waals surface area contributed by atoms with E-state index in [1.165, 1.54) is 18.4 Å². The number of hydrogen-bond acceptors (Lipinski definition) is 3. The van der Waals surface area contributed by atoms with Crippen LogP contribution in [0.2, 0.25) is 0 Å². The van der Waals surface area contributed by atoms with E-state index in [0.29, 0.717) is 11.5 Å². The van der Waals surface area contributed by atoms with Crippen molar-refractivity contribution in [3.8, 4) is 5.69 Å². The van der Waals surface area contributed by atoms with Crippen LogP contribution in [0.5, 0.6) is 0 Å². The molecule has 3 aromatic rings. The lowest BCUT2D eigenvalue weighted by molar-refractivity contribution is 0.112. The maximum absolute atomic E-state index is 11.1. The molecule has 0 spiro atoms. The highest BCUT2D eigenvalue weighted by molar-refractivity contribution is 5.95. The third-order valence-electron chi connectivity index (χ3n) is 4.62. The van der Waals surface area contributed by atoms with E-state index in [-0.39, 0.29) is 0 Å². The van der Waals surface area contributed by atoms with Crippen molar-refractivity contribution in [2.75, 3.05) is 13.1 Å². The third-order valence-corrected chi connectivity index (χ3v) is 4.62. The van der Waals surface area contributed by atoms with Gasteiger partial charge in [-0.05, 0) is 49.1 Å². The van der Waals surface area contributed by atoms with Gasteiger partial charge in [-0.1, -0.05) is 24.3 Å². The molecular weight excluding hydrogens is 286 g/mol. The molecule has 0 amide bonds. The topological polar surface area (TPSA) is 46.9 Å². The zero-order valence-electron chi connectivity index (χ0n) is 12.9. The first-order chi connectivity index (χ1) is 11.3. The van der Waals surface area contributed by atoms with E-state index in [2.05, 4.69) is 34.7 Å². The smallest absolute Gasteiger partial charge is 0.152 e. The largest absolute Gasteiger partial charge is 0.316 e. The van der Waals surface area contributed by atoms with Crippen LogP contribution in [0.3, 0.4) is 0 Å². The molecule has 116 valence electrons. The lowest BCUT2D eigenvalue weighted by Gasteiger charge is -2.23. The average Bonchev–Trinajstić information content (AvgIpc) is 3.07. The van der Waals surface area contributed by atoms with Gasteiger partial charge in [-0.25, -0.2) is 4.68 Å². The van der Waals surface area contributed by atoms with Crippen LogP contribution in [0.1, 0.15) is 34.7 Å². The second-order valence-corrected chi connectivity index (χ2v) is 6.11. The monoisotopic (exact) mass is 305 g/mol. The number of aldehydes is 1. The SMILES string of the molecule is O=Cc1cccc2cn(-c3ccc([C@@H]4CCCNC4)cc3)nc12. The van der Waals surface area contributed by atoms with E-state index in [0.717, 1.165) is 36.0 Å². The number of fused-ring (bicyclic) bond motifs is 1. The van der Waals surface area contributed by atoms with Gasteiger partial charge < -0.3 is 5.32 Å². The number of benzene rings is 2. The zero-order chi connectivity index (χ0) is 15.6. The van der Waals surface area contributed by atoms with Gasteiger partial charge in [0.25, 0.3) is 0 Å². The van der Waals surface area contributed by atoms with E-state index < -0.39 is 0 Å². The van der Waals surface area contributed by atoms with Gasteiger partial charge in [-0.15, -0.1) is 0 Å². The molecule has 2 aromatic carbocycles. The lowest BCUT2D eigenvalue weighted by atomic mass is 9.92. The van der Waals surface area contributed by atoms with Crippen molar-refractivity contribution < 1.29 is 4.79 Å². The molecule has 0 aliphatic carbocycles. The van der Waals surface area contributed by atoms with Crippen molar-refractivity contribution >= 4 is 17.2 Å². The summed E-state index contributed by atoms with van der Waals surface area (Å²) in [7, 11) is 0. The molecule has 1 aliphatic heterocycles. The van der Waals surface area contributed by atoms with Crippen molar-refractivity contribution in [3.63, 3.8) is 0 Å². The predicted octanol–water partition coefficient (Wildman–Crippen LogP) is 3.31. The minimum Gasteiger partial charge on any atom is -0.316 e. The second-order valence-electron chi connectivity index (χ2n) is 6.11. The van der Waals surface area contributed by atoms with Gasteiger partial charge in [-0.2, -0.15) is 5.10 Å². The van der Waals surface area contributed by atoms with E-state index in [9.17, 15) is 4.79 Å². The van der Waals surface area contributed by atoms with Crippen LogP contribution in [0.25, 0.3) is 16.6 Å². The molecular formula is C19H19N3O. The Labute approximate surface area is 135 Å². The van der Waals surface area contributed by atoms with E-state index in [4.69, 9.17) is 0 Å². The number of nitrogens with zero attached hydrogens (tertiary/aromatic N) is 2. The normalized spacial score (nSPS) is 18.2. The molecule has 0 radical (unpaired) electrons. The average molecular weight is 305 g/mol. The van der Waals surface area contributed by atoms with Crippen LogP contribution in [0.4, 0.5) is 0 Å². The molecule has 1 atom stereocenters. The Balaban J connectivity index is 1.66. The minimum absolute atomic E-state index is 0.608. The molecule has 23 heavy (non-hydrogen) atoms. The molecule has 1 aromatic heterocycles. The Bertz CT molecular complexity index is 829. The van der Waals surface area contributed by atoms with Crippen molar-refractivity contribution in [2.45, 2.75) is 18.8 Å². The molecule has 4 heteroatoms. The highest BCUT2D eigenvalue weighted by Crippen LogP contribution is 2.25. The first-order valence-electron chi connectivity index (χ1n) is 8.10. The Morgan fingerprint density at radius 3 is 2.78 bits per heavy atom. The fraction of sp³-hybridized carbons (Fsp3) is 0.263. The van der Waals surface area contributed by atoms with Crippen LogP contribution >= 0.6 is 0 Å². The van der Waals surface area contributed by atoms with Crippen molar-refractivity contribution in [2.24, 2.45) is 0 Å².